The van der Waals surface area contributed by atoms with E-state index in [2.05, 4.69) is 0 Å². The van der Waals surface area contributed by atoms with Crippen LogP contribution in [0.25, 0.3) is 0 Å². The fourth-order valence-corrected chi connectivity index (χ4v) is 0.910. The first-order chi connectivity index (χ1) is 5.17. The van der Waals surface area contributed by atoms with Crippen LogP contribution < -0.4 is 5.73 Å². The first-order valence-corrected chi connectivity index (χ1v) is 3.62. The van der Waals surface area contributed by atoms with Gasteiger partial charge in [-0.2, -0.15) is 0 Å². The van der Waals surface area contributed by atoms with Gasteiger partial charge in [-0.1, -0.05) is 30.3 Å². The Labute approximate surface area is 66.7 Å². The van der Waals surface area contributed by atoms with Crippen LogP contribution in [0.3, 0.4) is 0 Å². The summed E-state index contributed by atoms with van der Waals surface area (Å²) in [5.41, 5.74) is 6.14. The highest BCUT2D eigenvalue weighted by Gasteiger charge is 2.18. The van der Waals surface area contributed by atoms with Gasteiger partial charge in [0.05, 0.1) is 12.1 Å². The molecule has 0 aromatic heterocycles. The molecule has 0 amide bonds. The normalized spacial score (nSPS) is 15.9. The van der Waals surface area contributed by atoms with Gasteiger partial charge in [-0.25, -0.2) is 0 Å². The van der Waals surface area contributed by atoms with E-state index >= 15 is 0 Å². The summed E-state index contributed by atoms with van der Waals surface area (Å²) in [5, 5.41) is 8.92. The van der Waals surface area contributed by atoms with Crippen LogP contribution in [-0.4, -0.2) is 11.7 Å². The lowest BCUT2D eigenvalue weighted by Crippen LogP contribution is -2.36. The van der Waals surface area contributed by atoms with Gasteiger partial charge in [-0.3, -0.25) is 0 Å². The Morgan fingerprint density at radius 3 is 2.36 bits per heavy atom. The topological polar surface area (TPSA) is 46.2 Å². The molecular formula is C9H13NO. The van der Waals surface area contributed by atoms with Crippen LogP contribution in [0.15, 0.2) is 30.3 Å². The standard InChI is InChI=1S/C9H13NO/c1-9(10,7-11)8-5-3-2-4-6-8/h2-6,11H,7,10H2,1H3/t9-/m1/s1. The SMILES string of the molecule is C[C@@](N)(CO)c1ccccc1. The Kier molecular flexibility index (Phi) is 2.27. The van der Waals surface area contributed by atoms with Crippen LogP contribution in [0.5, 0.6) is 0 Å². The van der Waals surface area contributed by atoms with E-state index in [4.69, 9.17) is 10.8 Å². The van der Waals surface area contributed by atoms with Crippen molar-refractivity contribution in [3.8, 4) is 0 Å². The maximum absolute atomic E-state index is 8.92. The van der Waals surface area contributed by atoms with Gasteiger partial charge in [-0.05, 0) is 12.5 Å². The van der Waals surface area contributed by atoms with Crippen molar-refractivity contribution in [2.45, 2.75) is 12.5 Å². The number of rotatable bonds is 2. The third-order valence-electron chi connectivity index (χ3n) is 1.76. The molecule has 1 atom stereocenters. The van der Waals surface area contributed by atoms with Crippen molar-refractivity contribution in [1.29, 1.82) is 0 Å². The Morgan fingerprint density at radius 2 is 1.91 bits per heavy atom. The highest BCUT2D eigenvalue weighted by Crippen LogP contribution is 2.15. The second-order valence-electron chi connectivity index (χ2n) is 2.94. The molecule has 1 aromatic carbocycles. The van der Waals surface area contributed by atoms with E-state index in [0.29, 0.717) is 0 Å². The number of nitrogens with two attached hydrogens (primary N) is 1. The predicted octanol–water partition coefficient (Wildman–Crippen LogP) is 0.853. The van der Waals surface area contributed by atoms with Crippen molar-refractivity contribution >= 4 is 0 Å². The average molecular weight is 151 g/mol. The van der Waals surface area contributed by atoms with Crippen molar-refractivity contribution in [3.05, 3.63) is 35.9 Å². The van der Waals surface area contributed by atoms with Crippen LogP contribution in [0.4, 0.5) is 0 Å². The van der Waals surface area contributed by atoms with Gasteiger partial charge >= 0.3 is 0 Å². The van der Waals surface area contributed by atoms with Crippen LogP contribution >= 0.6 is 0 Å². The second kappa shape index (κ2) is 3.03. The summed E-state index contributed by atoms with van der Waals surface area (Å²) in [6.45, 7) is 1.78. The van der Waals surface area contributed by atoms with E-state index in [1.807, 2.05) is 37.3 Å². The zero-order valence-corrected chi connectivity index (χ0v) is 6.62. The van der Waals surface area contributed by atoms with E-state index in [-0.39, 0.29) is 6.61 Å². The molecule has 0 saturated heterocycles. The van der Waals surface area contributed by atoms with Crippen LogP contribution in [0, 0.1) is 0 Å². The largest absolute Gasteiger partial charge is 0.394 e. The molecule has 2 nitrogen and oxygen atoms in total. The Hall–Kier alpha value is -0.860. The van der Waals surface area contributed by atoms with E-state index in [1.165, 1.54) is 0 Å². The van der Waals surface area contributed by atoms with Gasteiger partial charge in [0.1, 0.15) is 0 Å². The molecule has 0 heterocycles. The highest BCUT2D eigenvalue weighted by molar-refractivity contribution is 5.22. The first-order valence-electron chi connectivity index (χ1n) is 3.62. The van der Waals surface area contributed by atoms with Crippen molar-refractivity contribution in [1.82, 2.24) is 0 Å². The summed E-state index contributed by atoms with van der Waals surface area (Å²) in [7, 11) is 0. The molecule has 1 rings (SSSR count). The molecule has 0 fully saturated rings. The summed E-state index contributed by atoms with van der Waals surface area (Å²) in [5.74, 6) is 0. The van der Waals surface area contributed by atoms with Gasteiger partial charge in [-0.15, -0.1) is 0 Å². The van der Waals surface area contributed by atoms with Gasteiger partial charge in [0.15, 0.2) is 0 Å². The lowest BCUT2D eigenvalue weighted by atomic mass is 9.95. The van der Waals surface area contributed by atoms with E-state index in [1.54, 1.807) is 0 Å². The summed E-state index contributed by atoms with van der Waals surface area (Å²) in [6.07, 6.45) is 0. The first kappa shape index (κ1) is 8.24. The fourth-order valence-electron chi connectivity index (χ4n) is 0.910. The maximum Gasteiger partial charge on any atom is 0.0650 e. The minimum Gasteiger partial charge on any atom is -0.394 e. The molecular weight excluding hydrogens is 138 g/mol. The Bertz CT molecular complexity index is 218. The summed E-state index contributed by atoms with van der Waals surface area (Å²) >= 11 is 0. The highest BCUT2D eigenvalue weighted by atomic mass is 16.3. The smallest absolute Gasteiger partial charge is 0.0650 e. The number of aliphatic hydroxyl groups excluding tert-OH is 1. The maximum atomic E-state index is 8.92. The Morgan fingerprint density at radius 1 is 1.36 bits per heavy atom. The second-order valence-corrected chi connectivity index (χ2v) is 2.94. The molecule has 0 spiro atoms. The predicted molar refractivity (Wildman–Crippen MR) is 45.1 cm³/mol. The molecule has 11 heavy (non-hydrogen) atoms. The van der Waals surface area contributed by atoms with Crippen molar-refractivity contribution in [3.63, 3.8) is 0 Å². The van der Waals surface area contributed by atoms with Crippen molar-refractivity contribution in [2.75, 3.05) is 6.61 Å². The third kappa shape index (κ3) is 1.79. The molecule has 0 aliphatic rings. The van der Waals surface area contributed by atoms with E-state index < -0.39 is 5.54 Å². The van der Waals surface area contributed by atoms with Crippen LogP contribution in [-0.2, 0) is 5.54 Å². The molecule has 3 N–H and O–H groups in total. The molecule has 1 aromatic rings. The van der Waals surface area contributed by atoms with Crippen molar-refractivity contribution in [2.24, 2.45) is 5.73 Å². The molecule has 0 bridgehead atoms. The Balaban J connectivity index is 2.93. The number of hydrogen-bond acceptors (Lipinski definition) is 2. The summed E-state index contributed by atoms with van der Waals surface area (Å²) in [4.78, 5) is 0. The van der Waals surface area contributed by atoms with Crippen LogP contribution in [0.1, 0.15) is 12.5 Å². The van der Waals surface area contributed by atoms with E-state index in [9.17, 15) is 0 Å². The van der Waals surface area contributed by atoms with Gasteiger partial charge < -0.3 is 10.8 Å². The fraction of sp³-hybridized carbons (Fsp3) is 0.333. The molecule has 0 unspecified atom stereocenters. The lowest BCUT2D eigenvalue weighted by Gasteiger charge is -2.21. The summed E-state index contributed by atoms with van der Waals surface area (Å²) in [6, 6.07) is 9.58. The third-order valence-corrected chi connectivity index (χ3v) is 1.76. The van der Waals surface area contributed by atoms with E-state index in [0.717, 1.165) is 5.56 Å². The monoisotopic (exact) mass is 151 g/mol. The van der Waals surface area contributed by atoms with Gasteiger partial charge in [0.25, 0.3) is 0 Å². The molecule has 0 radical (unpaired) electrons. The number of hydrogen-bond donors (Lipinski definition) is 2. The lowest BCUT2D eigenvalue weighted by molar-refractivity contribution is 0.210. The molecule has 2 heteroatoms. The minimum atomic E-state index is -0.610. The number of aliphatic hydroxyl groups is 1. The van der Waals surface area contributed by atoms with Crippen molar-refractivity contribution < 1.29 is 5.11 Å². The number of benzene rings is 1. The molecule has 0 aliphatic carbocycles. The summed E-state index contributed by atoms with van der Waals surface area (Å²) < 4.78 is 0. The zero-order chi connectivity index (χ0) is 8.32. The molecule has 60 valence electrons. The van der Waals surface area contributed by atoms with Gasteiger partial charge in [0, 0.05) is 0 Å². The molecule has 0 aliphatic heterocycles. The minimum absolute atomic E-state index is 0.0307. The molecule has 0 saturated carbocycles. The quantitative estimate of drug-likeness (QED) is 0.658. The van der Waals surface area contributed by atoms with Crippen LogP contribution in [0.2, 0.25) is 0 Å². The average Bonchev–Trinajstić information content (AvgIpc) is 2.06. The zero-order valence-electron chi connectivity index (χ0n) is 6.62. The van der Waals surface area contributed by atoms with Gasteiger partial charge in [0.2, 0.25) is 0 Å².